The monoisotopic (exact) mass is 267 g/mol. The summed E-state index contributed by atoms with van der Waals surface area (Å²) in [5.74, 6) is 0.584. The van der Waals surface area contributed by atoms with Crippen molar-refractivity contribution in [2.24, 2.45) is 0 Å². The number of carbonyl (C=O) groups excluding carboxylic acids is 1. The highest BCUT2D eigenvalue weighted by atomic mass is 32.2. The van der Waals surface area contributed by atoms with Gasteiger partial charge in [-0.3, -0.25) is 0 Å². The van der Waals surface area contributed by atoms with Crippen molar-refractivity contribution < 1.29 is 19.0 Å². The quantitative estimate of drug-likeness (QED) is 0.462. The molecule has 1 aromatic carbocycles. The van der Waals surface area contributed by atoms with Gasteiger partial charge < -0.3 is 14.2 Å². The van der Waals surface area contributed by atoms with Crippen LogP contribution < -0.4 is 9.47 Å². The first kappa shape index (κ1) is 14.2. The summed E-state index contributed by atoms with van der Waals surface area (Å²) in [4.78, 5) is 11.7. The van der Waals surface area contributed by atoms with Gasteiger partial charge in [0.2, 0.25) is 0 Å². The maximum Gasteiger partial charge on any atom is 0.343 e. The fourth-order valence-corrected chi connectivity index (χ4v) is 1.88. The average molecular weight is 267 g/mol. The van der Waals surface area contributed by atoms with Crippen LogP contribution in [-0.4, -0.2) is 26.8 Å². The average Bonchev–Trinajstić information content (AvgIpc) is 2.38. The van der Waals surface area contributed by atoms with Gasteiger partial charge in [0.15, 0.2) is 6.61 Å². The molecule has 0 N–H and O–H groups in total. The van der Waals surface area contributed by atoms with E-state index in [4.69, 9.17) is 14.7 Å². The van der Waals surface area contributed by atoms with Gasteiger partial charge in [-0.05, 0) is 30.3 Å². The van der Waals surface area contributed by atoms with Crippen LogP contribution in [0.15, 0.2) is 17.0 Å². The van der Waals surface area contributed by atoms with E-state index in [1.165, 1.54) is 14.2 Å². The fraction of sp³-hybridized carbons (Fsp3) is 0.333. The molecule has 1 rings (SSSR count). The van der Waals surface area contributed by atoms with Crippen LogP contribution in [0.25, 0.3) is 0 Å². The number of esters is 1. The van der Waals surface area contributed by atoms with Gasteiger partial charge in [-0.25, -0.2) is 4.79 Å². The molecule has 0 atom stereocenters. The van der Waals surface area contributed by atoms with Crippen LogP contribution in [0, 0.1) is 17.6 Å². The van der Waals surface area contributed by atoms with Crippen molar-refractivity contribution in [3.8, 4) is 16.9 Å². The first-order chi connectivity index (χ1) is 8.62. The van der Waals surface area contributed by atoms with E-state index in [0.29, 0.717) is 11.5 Å². The predicted octanol–water partition coefficient (Wildman–Crippen LogP) is 2.13. The van der Waals surface area contributed by atoms with Crippen LogP contribution >= 0.6 is 11.8 Å². The Bertz CT molecular complexity index is 482. The molecule has 0 heterocycles. The molecule has 5 nitrogen and oxygen atoms in total. The second-order valence-corrected chi connectivity index (χ2v) is 4.12. The lowest BCUT2D eigenvalue weighted by Gasteiger charge is -2.11. The van der Waals surface area contributed by atoms with E-state index in [-0.39, 0.29) is 6.61 Å². The van der Waals surface area contributed by atoms with E-state index in [2.05, 4.69) is 4.74 Å². The molecule has 6 heteroatoms. The number of aryl methyl sites for hydroxylation is 1. The molecular weight excluding hydrogens is 254 g/mol. The third kappa shape index (κ3) is 3.57. The molecule has 0 radical (unpaired) electrons. The van der Waals surface area contributed by atoms with Gasteiger partial charge >= 0.3 is 5.97 Å². The van der Waals surface area contributed by atoms with Crippen molar-refractivity contribution in [2.75, 3.05) is 20.8 Å². The fourth-order valence-electron chi connectivity index (χ4n) is 1.32. The van der Waals surface area contributed by atoms with Crippen molar-refractivity contribution in [2.45, 2.75) is 11.8 Å². The Morgan fingerprint density at radius 1 is 1.44 bits per heavy atom. The number of hydrogen-bond donors (Lipinski definition) is 0. The lowest BCUT2D eigenvalue weighted by atomic mass is 10.2. The number of thiocyanates is 1. The number of nitriles is 1. The minimum absolute atomic E-state index is 0.163. The Morgan fingerprint density at radius 3 is 2.72 bits per heavy atom. The maximum atomic E-state index is 11.0. The summed E-state index contributed by atoms with van der Waals surface area (Å²) in [6, 6.07) is 3.38. The van der Waals surface area contributed by atoms with Crippen LogP contribution in [0.5, 0.6) is 11.5 Å². The molecule has 0 saturated heterocycles. The zero-order valence-electron chi connectivity index (χ0n) is 10.4. The number of thioether (sulfide) groups is 1. The molecule has 0 aliphatic carbocycles. The highest BCUT2D eigenvalue weighted by Crippen LogP contribution is 2.35. The Labute approximate surface area is 110 Å². The molecule has 0 fully saturated rings. The van der Waals surface area contributed by atoms with Gasteiger partial charge in [0.25, 0.3) is 0 Å². The lowest BCUT2D eigenvalue weighted by Crippen LogP contribution is -2.12. The third-order valence-corrected chi connectivity index (χ3v) is 2.98. The molecule has 0 amide bonds. The minimum Gasteiger partial charge on any atom is -0.495 e. The Morgan fingerprint density at radius 2 is 2.17 bits per heavy atom. The van der Waals surface area contributed by atoms with E-state index in [1.54, 1.807) is 12.1 Å². The van der Waals surface area contributed by atoms with E-state index in [0.717, 1.165) is 22.2 Å². The van der Waals surface area contributed by atoms with E-state index < -0.39 is 5.97 Å². The molecule has 0 aromatic heterocycles. The SMILES string of the molecule is COC(=O)COc1cc(C)c(SC#N)c(OC)c1. The summed E-state index contributed by atoms with van der Waals surface area (Å²) in [5.41, 5.74) is 0.848. The second kappa shape index (κ2) is 6.77. The molecular formula is C12H13NO4S. The van der Waals surface area contributed by atoms with Gasteiger partial charge in [-0.15, -0.1) is 0 Å². The number of methoxy groups -OCH3 is 2. The first-order valence-corrected chi connectivity index (χ1v) is 5.88. The molecule has 0 bridgehead atoms. The van der Waals surface area contributed by atoms with Crippen molar-refractivity contribution in [1.29, 1.82) is 5.26 Å². The summed E-state index contributed by atoms with van der Waals surface area (Å²) in [6.07, 6.45) is 0. The largest absolute Gasteiger partial charge is 0.495 e. The Hall–Kier alpha value is -1.87. The normalized spacial score (nSPS) is 9.44. The lowest BCUT2D eigenvalue weighted by molar-refractivity contribution is -0.142. The first-order valence-electron chi connectivity index (χ1n) is 5.06. The van der Waals surface area contributed by atoms with Gasteiger partial charge in [-0.1, -0.05) is 0 Å². The molecule has 0 spiro atoms. The highest BCUT2D eigenvalue weighted by Gasteiger charge is 2.11. The topological polar surface area (TPSA) is 68.5 Å². The second-order valence-electron chi connectivity index (χ2n) is 3.33. The molecule has 0 aliphatic heterocycles. The van der Waals surface area contributed by atoms with Crippen molar-refractivity contribution in [3.05, 3.63) is 17.7 Å². The van der Waals surface area contributed by atoms with Gasteiger partial charge in [0.1, 0.15) is 16.9 Å². The van der Waals surface area contributed by atoms with E-state index in [9.17, 15) is 4.79 Å². The third-order valence-electron chi connectivity index (χ3n) is 2.17. The summed E-state index contributed by atoms with van der Waals surface area (Å²) < 4.78 is 14.9. The smallest absolute Gasteiger partial charge is 0.343 e. The zero-order valence-corrected chi connectivity index (χ0v) is 11.2. The Kier molecular flexibility index (Phi) is 5.33. The predicted molar refractivity (Wildman–Crippen MR) is 66.7 cm³/mol. The van der Waals surface area contributed by atoms with Crippen LogP contribution in [0.4, 0.5) is 0 Å². The minimum atomic E-state index is -0.456. The zero-order chi connectivity index (χ0) is 13.5. The summed E-state index contributed by atoms with van der Waals surface area (Å²) in [7, 11) is 2.81. The van der Waals surface area contributed by atoms with Crippen molar-refractivity contribution in [3.63, 3.8) is 0 Å². The van der Waals surface area contributed by atoms with E-state index >= 15 is 0 Å². The van der Waals surface area contributed by atoms with Gasteiger partial charge in [0.05, 0.1) is 19.1 Å². The van der Waals surface area contributed by atoms with Gasteiger partial charge in [0, 0.05) is 6.07 Å². The number of rotatable bonds is 5. The number of benzene rings is 1. The van der Waals surface area contributed by atoms with Crippen LogP contribution in [0.2, 0.25) is 0 Å². The van der Waals surface area contributed by atoms with Crippen molar-refractivity contribution in [1.82, 2.24) is 0 Å². The molecule has 0 unspecified atom stereocenters. The Balaban J connectivity index is 2.93. The maximum absolute atomic E-state index is 11.0. The summed E-state index contributed by atoms with van der Waals surface area (Å²) in [5, 5.41) is 10.7. The number of carbonyl (C=O) groups is 1. The molecule has 0 saturated carbocycles. The number of hydrogen-bond acceptors (Lipinski definition) is 6. The number of ether oxygens (including phenoxy) is 3. The molecule has 18 heavy (non-hydrogen) atoms. The molecule has 1 aromatic rings. The van der Waals surface area contributed by atoms with Crippen LogP contribution in [0.3, 0.4) is 0 Å². The molecule has 0 aliphatic rings. The van der Waals surface area contributed by atoms with Crippen LogP contribution in [-0.2, 0) is 9.53 Å². The van der Waals surface area contributed by atoms with E-state index in [1.807, 2.05) is 12.3 Å². The summed E-state index contributed by atoms with van der Waals surface area (Å²) in [6.45, 7) is 1.68. The standard InChI is InChI=1S/C12H13NO4S/c1-8-4-9(17-6-11(14)16-3)5-10(15-2)12(8)18-7-13/h4-5H,6H2,1-3H3. The van der Waals surface area contributed by atoms with Crippen LogP contribution in [0.1, 0.15) is 5.56 Å². The highest BCUT2D eigenvalue weighted by molar-refractivity contribution is 8.03. The summed E-state index contributed by atoms with van der Waals surface area (Å²) >= 11 is 1.02. The number of nitrogens with zero attached hydrogens (tertiary/aromatic N) is 1. The van der Waals surface area contributed by atoms with Crippen molar-refractivity contribution >= 4 is 17.7 Å². The van der Waals surface area contributed by atoms with Gasteiger partial charge in [-0.2, -0.15) is 5.26 Å². The molecule has 96 valence electrons.